The molecule has 3 rings (SSSR count). The van der Waals surface area contributed by atoms with Crippen LogP contribution in [0.4, 0.5) is 0 Å². The zero-order valence-corrected chi connectivity index (χ0v) is 14.2. The number of aryl methyl sites for hydroxylation is 2. The van der Waals surface area contributed by atoms with Crippen molar-refractivity contribution in [2.24, 2.45) is 0 Å². The van der Waals surface area contributed by atoms with Crippen LogP contribution in [-0.2, 0) is 17.9 Å². The number of amides is 1. The Morgan fingerprint density at radius 1 is 1.33 bits per heavy atom. The summed E-state index contributed by atoms with van der Waals surface area (Å²) >= 11 is 0. The van der Waals surface area contributed by atoms with E-state index in [0.29, 0.717) is 6.42 Å². The van der Waals surface area contributed by atoms with Crippen LogP contribution in [0.2, 0.25) is 0 Å². The fraction of sp³-hybridized carbons (Fsp3) is 0.500. The van der Waals surface area contributed by atoms with Crippen molar-refractivity contribution in [2.45, 2.75) is 45.3 Å². The summed E-state index contributed by atoms with van der Waals surface area (Å²) in [5, 5.41) is 3.08. The van der Waals surface area contributed by atoms with E-state index in [0.717, 1.165) is 44.8 Å². The van der Waals surface area contributed by atoms with Gasteiger partial charge in [0.15, 0.2) is 0 Å². The molecule has 0 aromatic carbocycles. The van der Waals surface area contributed by atoms with Crippen molar-refractivity contribution in [3.63, 3.8) is 0 Å². The average molecular weight is 327 g/mol. The molecule has 0 saturated carbocycles. The molecular weight excluding hydrogens is 302 g/mol. The Kier molecular flexibility index (Phi) is 5.59. The van der Waals surface area contributed by atoms with Gasteiger partial charge in [-0.05, 0) is 37.5 Å². The normalized spacial score (nSPS) is 17.4. The molecule has 0 spiro atoms. The molecule has 0 unspecified atom stereocenters. The van der Waals surface area contributed by atoms with Gasteiger partial charge in [0.2, 0.25) is 5.91 Å². The summed E-state index contributed by atoms with van der Waals surface area (Å²) in [5.74, 6) is 1.23. The molecular formula is C18H25N5O. The Bertz CT molecular complexity index is 654. The Labute approximate surface area is 142 Å². The maximum Gasteiger partial charge on any atom is 0.220 e. The summed E-state index contributed by atoms with van der Waals surface area (Å²) < 4.78 is 2.18. The number of nitrogens with one attached hydrogen (secondary N) is 1. The lowest BCUT2D eigenvalue weighted by Gasteiger charge is -2.25. The van der Waals surface area contributed by atoms with Crippen molar-refractivity contribution in [1.29, 1.82) is 0 Å². The second kappa shape index (κ2) is 8.06. The lowest BCUT2D eigenvalue weighted by Crippen LogP contribution is -2.39. The van der Waals surface area contributed by atoms with Crippen molar-refractivity contribution in [2.75, 3.05) is 13.1 Å². The van der Waals surface area contributed by atoms with E-state index in [-0.39, 0.29) is 11.9 Å². The van der Waals surface area contributed by atoms with Gasteiger partial charge in [0, 0.05) is 63.4 Å². The zero-order chi connectivity index (χ0) is 16.8. The number of hydrogen-bond donors (Lipinski definition) is 1. The van der Waals surface area contributed by atoms with Crippen LogP contribution in [-0.4, -0.2) is 44.5 Å². The average Bonchev–Trinajstić information content (AvgIpc) is 3.17. The molecule has 6 heteroatoms. The Morgan fingerprint density at radius 3 is 2.83 bits per heavy atom. The molecule has 128 valence electrons. The van der Waals surface area contributed by atoms with Crippen molar-refractivity contribution in [3.05, 3.63) is 48.3 Å². The molecule has 2 aromatic rings. The predicted octanol–water partition coefficient (Wildman–Crippen LogP) is 1.76. The maximum absolute atomic E-state index is 11.5. The van der Waals surface area contributed by atoms with Gasteiger partial charge in [0.1, 0.15) is 5.82 Å². The standard InChI is InChI=1S/C18H25N5O/c1-15-20-9-12-23(15)11-2-10-22(13-16-5-7-19-8-6-16)14-17-3-4-18(24)21-17/h5-9,12,17H,2-4,10-11,13-14H2,1H3,(H,21,24)/t17-/m0/s1. The molecule has 1 N–H and O–H groups in total. The molecule has 2 aromatic heterocycles. The third-order valence-electron chi connectivity index (χ3n) is 4.52. The second-order valence-corrected chi connectivity index (χ2v) is 6.42. The van der Waals surface area contributed by atoms with Gasteiger partial charge in [-0.3, -0.25) is 14.7 Å². The number of nitrogens with zero attached hydrogens (tertiary/aromatic N) is 4. The largest absolute Gasteiger partial charge is 0.352 e. The quantitative estimate of drug-likeness (QED) is 0.802. The topological polar surface area (TPSA) is 63.1 Å². The van der Waals surface area contributed by atoms with E-state index in [4.69, 9.17) is 0 Å². The van der Waals surface area contributed by atoms with Gasteiger partial charge in [0.25, 0.3) is 0 Å². The highest BCUT2D eigenvalue weighted by molar-refractivity contribution is 5.78. The SMILES string of the molecule is Cc1nccn1CCCN(Cc1ccncc1)C[C@@H]1CCC(=O)N1. The van der Waals surface area contributed by atoms with Gasteiger partial charge < -0.3 is 9.88 Å². The number of aromatic nitrogens is 3. The highest BCUT2D eigenvalue weighted by Gasteiger charge is 2.23. The molecule has 1 fully saturated rings. The molecule has 6 nitrogen and oxygen atoms in total. The van der Waals surface area contributed by atoms with Crippen LogP contribution >= 0.6 is 0 Å². The maximum atomic E-state index is 11.5. The van der Waals surface area contributed by atoms with E-state index in [1.165, 1.54) is 5.56 Å². The van der Waals surface area contributed by atoms with Crippen LogP contribution < -0.4 is 5.32 Å². The van der Waals surface area contributed by atoms with E-state index in [9.17, 15) is 4.79 Å². The molecule has 1 atom stereocenters. The van der Waals surface area contributed by atoms with Gasteiger partial charge in [-0.2, -0.15) is 0 Å². The minimum atomic E-state index is 0.179. The molecule has 0 radical (unpaired) electrons. The third-order valence-corrected chi connectivity index (χ3v) is 4.52. The first-order valence-electron chi connectivity index (χ1n) is 8.59. The summed E-state index contributed by atoms with van der Waals surface area (Å²) in [6.07, 6.45) is 10.2. The van der Waals surface area contributed by atoms with Crippen molar-refractivity contribution >= 4 is 5.91 Å². The number of hydrogen-bond acceptors (Lipinski definition) is 4. The van der Waals surface area contributed by atoms with Crippen molar-refractivity contribution in [3.8, 4) is 0 Å². The van der Waals surface area contributed by atoms with E-state index in [2.05, 4.69) is 36.9 Å². The molecule has 1 aliphatic heterocycles. The Hall–Kier alpha value is -2.21. The van der Waals surface area contributed by atoms with Gasteiger partial charge in [-0.25, -0.2) is 4.98 Å². The third kappa shape index (κ3) is 4.64. The number of rotatable bonds is 8. The lowest BCUT2D eigenvalue weighted by molar-refractivity contribution is -0.119. The minimum absolute atomic E-state index is 0.179. The van der Waals surface area contributed by atoms with Crippen LogP contribution in [0.25, 0.3) is 0 Å². The molecule has 1 saturated heterocycles. The van der Waals surface area contributed by atoms with E-state index in [1.807, 2.05) is 31.7 Å². The minimum Gasteiger partial charge on any atom is -0.352 e. The first-order valence-corrected chi connectivity index (χ1v) is 8.59. The molecule has 1 amide bonds. The van der Waals surface area contributed by atoms with Gasteiger partial charge in [-0.15, -0.1) is 0 Å². The molecule has 3 heterocycles. The van der Waals surface area contributed by atoms with E-state index in [1.54, 1.807) is 0 Å². The van der Waals surface area contributed by atoms with E-state index >= 15 is 0 Å². The summed E-state index contributed by atoms with van der Waals surface area (Å²) in [5.41, 5.74) is 1.26. The summed E-state index contributed by atoms with van der Waals surface area (Å²) in [6.45, 7) is 5.78. The number of carbonyl (C=O) groups is 1. The van der Waals surface area contributed by atoms with Crippen LogP contribution in [0.5, 0.6) is 0 Å². The number of pyridine rings is 1. The summed E-state index contributed by atoms with van der Waals surface area (Å²) in [6, 6.07) is 4.38. The van der Waals surface area contributed by atoms with Gasteiger partial charge in [0.05, 0.1) is 0 Å². The molecule has 0 aliphatic carbocycles. The van der Waals surface area contributed by atoms with Crippen LogP contribution in [0.15, 0.2) is 36.9 Å². The first kappa shape index (κ1) is 16.6. The zero-order valence-electron chi connectivity index (χ0n) is 14.2. The van der Waals surface area contributed by atoms with Crippen molar-refractivity contribution < 1.29 is 4.79 Å². The monoisotopic (exact) mass is 327 g/mol. The molecule has 24 heavy (non-hydrogen) atoms. The smallest absolute Gasteiger partial charge is 0.220 e. The fourth-order valence-corrected chi connectivity index (χ4v) is 3.21. The predicted molar refractivity (Wildman–Crippen MR) is 92.3 cm³/mol. The fourth-order valence-electron chi connectivity index (χ4n) is 3.21. The number of imidazole rings is 1. The second-order valence-electron chi connectivity index (χ2n) is 6.42. The lowest BCUT2D eigenvalue weighted by atomic mass is 10.2. The molecule has 1 aliphatic rings. The Balaban J connectivity index is 1.56. The first-order chi connectivity index (χ1) is 11.7. The Morgan fingerprint density at radius 2 is 2.17 bits per heavy atom. The van der Waals surface area contributed by atoms with Crippen molar-refractivity contribution in [1.82, 2.24) is 24.8 Å². The van der Waals surface area contributed by atoms with Crippen LogP contribution in [0, 0.1) is 6.92 Å². The highest BCUT2D eigenvalue weighted by atomic mass is 16.1. The van der Waals surface area contributed by atoms with Gasteiger partial charge in [-0.1, -0.05) is 0 Å². The van der Waals surface area contributed by atoms with E-state index < -0.39 is 0 Å². The van der Waals surface area contributed by atoms with Crippen LogP contribution in [0.3, 0.4) is 0 Å². The number of carbonyl (C=O) groups excluding carboxylic acids is 1. The highest BCUT2D eigenvalue weighted by Crippen LogP contribution is 2.12. The summed E-state index contributed by atoms with van der Waals surface area (Å²) in [4.78, 5) is 22.2. The summed E-state index contributed by atoms with van der Waals surface area (Å²) in [7, 11) is 0. The molecule has 0 bridgehead atoms. The van der Waals surface area contributed by atoms with Crippen LogP contribution in [0.1, 0.15) is 30.7 Å². The van der Waals surface area contributed by atoms with Gasteiger partial charge >= 0.3 is 0 Å².